The van der Waals surface area contributed by atoms with Crippen molar-refractivity contribution in [3.63, 3.8) is 0 Å². The Labute approximate surface area is 315 Å². The zero-order valence-electron chi connectivity index (χ0n) is 31.1. The van der Waals surface area contributed by atoms with Gasteiger partial charge in [-0.25, -0.2) is 19.2 Å². The number of rotatable bonds is 11. The molecule has 7 rings (SSSR count). The van der Waals surface area contributed by atoms with Crippen molar-refractivity contribution in [1.29, 1.82) is 0 Å². The van der Waals surface area contributed by atoms with Gasteiger partial charge < -0.3 is 40.0 Å². The third-order valence-corrected chi connectivity index (χ3v) is 10.2. The molecule has 0 radical (unpaired) electrons. The van der Waals surface area contributed by atoms with Crippen LogP contribution in [0.15, 0.2) is 64.1 Å². The van der Waals surface area contributed by atoms with Crippen molar-refractivity contribution in [2.75, 3.05) is 26.7 Å². The molecule has 1 aliphatic rings. The maximum absolute atomic E-state index is 16.0. The molecule has 286 valence electrons. The van der Waals surface area contributed by atoms with Crippen LogP contribution in [0.4, 0.5) is 9.18 Å². The highest BCUT2D eigenvalue weighted by Crippen LogP contribution is 2.34. The lowest BCUT2D eigenvalue weighted by Crippen LogP contribution is -2.51. The van der Waals surface area contributed by atoms with E-state index in [1.165, 1.54) is 7.11 Å². The predicted octanol–water partition coefficient (Wildman–Crippen LogP) is 5.76. The molecule has 55 heavy (non-hydrogen) atoms. The molecule has 3 aromatic heterocycles. The number of amides is 3. The van der Waals surface area contributed by atoms with Crippen molar-refractivity contribution in [3.8, 4) is 22.5 Å². The summed E-state index contributed by atoms with van der Waals surface area (Å²) in [6, 6.07) is 10.9. The number of aromatic amines is 2. The number of likely N-dealkylation sites (tertiary alicyclic amines) is 1. The van der Waals surface area contributed by atoms with E-state index in [2.05, 4.69) is 25.3 Å². The van der Waals surface area contributed by atoms with E-state index in [4.69, 9.17) is 14.9 Å². The average Bonchev–Trinajstić information content (AvgIpc) is 3.98. The number of methoxy groups -OCH3 is 1. The first kappa shape index (κ1) is 37.2. The molecule has 3 amide bonds. The normalized spacial score (nSPS) is 15.0. The number of nitrogens with two attached hydrogens (primary N) is 1. The van der Waals surface area contributed by atoms with Crippen LogP contribution in [-0.4, -0.2) is 80.4 Å². The first-order chi connectivity index (χ1) is 26.5. The Bertz CT molecular complexity index is 2490. The highest BCUT2D eigenvalue weighted by atomic mass is 19.1. The number of nitrogens with one attached hydrogen (secondary N) is 3. The summed E-state index contributed by atoms with van der Waals surface area (Å²) in [6.45, 7) is 6.81. The van der Waals surface area contributed by atoms with Gasteiger partial charge in [0, 0.05) is 29.6 Å². The topological polar surface area (TPSA) is 193 Å². The number of aromatic nitrogens is 4. The quantitative estimate of drug-likeness (QED) is 0.119. The molecule has 0 spiro atoms. The second-order valence-corrected chi connectivity index (χ2v) is 14.1. The van der Waals surface area contributed by atoms with E-state index in [1.54, 1.807) is 64.7 Å². The van der Waals surface area contributed by atoms with Gasteiger partial charge >= 0.3 is 6.09 Å². The predicted molar refractivity (Wildman–Crippen MR) is 205 cm³/mol. The van der Waals surface area contributed by atoms with Gasteiger partial charge in [0.25, 0.3) is 0 Å². The van der Waals surface area contributed by atoms with Crippen LogP contribution in [0.2, 0.25) is 0 Å². The number of alkyl carbamates (subject to hydrolysis) is 1. The number of H-pyrrole nitrogens is 2. The molecular formula is C40H43FN8O6. The van der Waals surface area contributed by atoms with Crippen LogP contribution < -0.4 is 16.5 Å². The molecule has 6 aromatic rings. The van der Waals surface area contributed by atoms with Gasteiger partial charge in [-0.2, -0.15) is 0 Å². The second kappa shape index (κ2) is 15.3. The van der Waals surface area contributed by atoms with Crippen LogP contribution in [0.1, 0.15) is 57.7 Å². The van der Waals surface area contributed by atoms with Crippen LogP contribution in [0, 0.1) is 11.7 Å². The standard InChI is InChI=1S/C40H43FN8O6/c1-5-12-48(39(52)35(21(2)3)47-40(53)54-4)20-32-43-18-28(45-32)23-9-11-31-26(15-23)36(51)27-16-24-14-22(8-10-25(24)34(41)37(27)55-31)29-19-44-38(46-29)30-7-6-13-49(30)33(50)17-42/h8-11,14-16,18-19,21,30,35H,5-7,12-13,17,20,42H2,1-4H3,(H,43,45)(H,44,46)(H,47,53)/t30-,35-/m0/s1. The van der Waals surface area contributed by atoms with Gasteiger partial charge in [0.2, 0.25) is 17.2 Å². The van der Waals surface area contributed by atoms with Crippen LogP contribution in [-0.2, 0) is 20.9 Å². The first-order valence-corrected chi connectivity index (χ1v) is 18.4. The molecule has 0 bridgehead atoms. The third-order valence-electron chi connectivity index (χ3n) is 10.2. The van der Waals surface area contributed by atoms with E-state index in [0.29, 0.717) is 58.9 Å². The Balaban J connectivity index is 1.18. The fourth-order valence-corrected chi connectivity index (χ4v) is 7.32. The number of carbonyl (C=O) groups is 3. The zero-order valence-corrected chi connectivity index (χ0v) is 31.1. The van der Waals surface area contributed by atoms with Crippen molar-refractivity contribution < 1.29 is 27.9 Å². The minimum absolute atomic E-state index is 0.0663. The maximum Gasteiger partial charge on any atom is 0.407 e. The van der Waals surface area contributed by atoms with Gasteiger partial charge in [-0.3, -0.25) is 14.4 Å². The Kier molecular flexibility index (Phi) is 10.4. The summed E-state index contributed by atoms with van der Waals surface area (Å²) in [4.78, 5) is 70.9. The van der Waals surface area contributed by atoms with Gasteiger partial charge in [-0.15, -0.1) is 0 Å². The minimum Gasteiger partial charge on any atom is -0.453 e. The minimum atomic E-state index is -0.780. The van der Waals surface area contributed by atoms with Crippen molar-refractivity contribution >= 4 is 50.6 Å². The maximum atomic E-state index is 16.0. The lowest BCUT2D eigenvalue weighted by atomic mass is 10.0. The van der Waals surface area contributed by atoms with E-state index >= 15 is 4.39 Å². The number of ether oxygens (including phenoxy) is 1. The zero-order chi connectivity index (χ0) is 39.0. The van der Waals surface area contributed by atoms with Gasteiger partial charge in [0.15, 0.2) is 11.4 Å². The number of hydrogen-bond donors (Lipinski definition) is 4. The molecule has 5 N–H and O–H groups in total. The summed E-state index contributed by atoms with van der Waals surface area (Å²) in [5.74, 6) is -0.0306. The van der Waals surface area contributed by atoms with E-state index in [0.717, 1.165) is 18.4 Å². The summed E-state index contributed by atoms with van der Waals surface area (Å²) in [7, 11) is 1.25. The number of benzene rings is 3. The molecule has 4 heterocycles. The molecule has 1 fully saturated rings. The summed E-state index contributed by atoms with van der Waals surface area (Å²) >= 11 is 0. The lowest BCUT2D eigenvalue weighted by Gasteiger charge is -2.28. The second-order valence-electron chi connectivity index (χ2n) is 14.1. The van der Waals surface area contributed by atoms with Gasteiger partial charge in [-0.05, 0) is 60.9 Å². The SMILES string of the molecule is CCCN(Cc1ncc(-c2ccc3oc4c(F)c5ccc(-c6cnc([C@@H]7CCCN7C(=O)CN)[nH]6)cc5cc4c(=O)c3c2)[nH]1)C(=O)[C@@H](NC(=O)OC)C(C)C. The van der Waals surface area contributed by atoms with E-state index in [1.807, 2.05) is 20.8 Å². The molecule has 1 aliphatic heterocycles. The van der Waals surface area contributed by atoms with Crippen LogP contribution >= 0.6 is 0 Å². The van der Waals surface area contributed by atoms with E-state index in [9.17, 15) is 19.2 Å². The van der Waals surface area contributed by atoms with Crippen molar-refractivity contribution in [1.82, 2.24) is 35.1 Å². The van der Waals surface area contributed by atoms with Crippen molar-refractivity contribution in [2.45, 2.75) is 58.7 Å². The number of hydrogen-bond acceptors (Lipinski definition) is 9. The number of imidazole rings is 2. The molecule has 0 saturated carbocycles. The van der Waals surface area contributed by atoms with Gasteiger partial charge in [0.05, 0.1) is 60.8 Å². The highest BCUT2D eigenvalue weighted by molar-refractivity contribution is 6.01. The summed E-state index contributed by atoms with van der Waals surface area (Å²) < 4.78 is 26.8. The van der Waals surface area contributed by atoms with Crippen LogP contribution in [0.5, 0.6) is 0 Å². The van der Waals surface area contributed by atoms with E-state index in [-0.39, 0.29) is 58.8 Å². The van der Waals surface area contributed by atoms with Gasteiger partial charge in [0.1, 0.15) is 23.3 Å². The average molecular weight is 751 g/mol. The van der Waals surface area contributed by atoms with Gasteiger partial charge in [-0.1, -0.05) is 32.9 Å². The third kappa shape index (κ3) is 7.14. The monoisotopic (exact) mass is 750 g/mol. The summed E-state index contributed by atoms with van der Waals surface area (Å²) in [6.07, 6.45) is 4.94. The molecule has 0 unspecified atom stereocenters. The molecule has 0 aliphatic carbocycles. The molecular weight excluding hydrogens is 707 g/mol. The highest BCUT2D eigenvalue weighted by Gasteiger charge is 2.32. The lowest BCUT2D eigenvalue weighted by molar-refractivity contribution is -0.135. The van der Waals surface area contributed by atoms with Crippen LogP contribution in [0.25, 0.3) is 55.2 Å². The molecule has 3 aromatic carbocycles. The number of carbonyl (C=O) groups excluding carboxylic acids is 3. The van der Waals surface area contributed by atoms with Crippen molar-refractivity contribution in [2.24, 2.45) is 11.7 Å². The summed E-state index contributed by atoms with van der Waals surface area (Å²) in [5.41, 5.74) is 8.00. The largest absolute Gasteiger partial charge is 0.453 e. The number of halogens is 1. The molecule has 1 saturated heterocycles. The Hall–Kier alpha value is -6.09. The smallest absolute Gasteiger partial charge is 0.407 e. The number of fused-ring (bicyclic) bond motifs is 3. The number of nitrogens with zero attached hydrogens (tertiary/aromatic N) is 4. The summed E-state index contributed by atoms with van der Waals surface area (Å²) in [5, 5.41) is 3.80. The molecule has 2 atom stereocenters. The molecule has 14 nitrogen and oxygen atoms in total. The Morgan fingerprint density at radius 2 is 1.80 bits per heavy atom. The molecule has 15 heteroatoms. The van der Waals surface area contributed by atoms with Crippen LogP contribution in [0.3, 0.4) is 0 Å². The Morgan fingerprint density at radius 1 is 1.05 bits per heavy atom. The fourth-order valence-electron chi connectivity index (χ4n) is 7.32. The van der Waals surface area contributed by atoms with E-state index < -0.39 is 23.4 Å². The van der Waals surface area contributed by atoms with Crippen molar-refractivity contribution in [3.05, 3.63) is 82.5 Å². The first-order valence-electron chi connectivity index (χ1n) is 18.4. The fraction of sp³-hybridized carbons (Fsp3) is 0.350. The Morgan fingerprint density at radius 3 is 2.55 bits per heavy atom.